The highest BCUT2D eigenvalue weighted by Gasteiger charge is 2.22. The van der Waals surface area contributed by atoms with Crippen molar-refractivity contribution in [1.82, 2.24) is 4.98 Å². The summed E-state index contributed by atoms with van der Waals surface area (Å²) in [7, 11) is 1.58. The summed E-state index contributed by atoms with van der Waals surface area (Å²) in [5, 5.41) is 2.65. The van der Waals surface area contributed by atoms with E-state index in [-0.39, 0.29) is 5.78 Å². The average molecular weight is 334 g/mol. The van der Waals surface area contributed by atoms with Crippen LogP contribution in [-0.4, -0.2) is 17.9 Å². The lowest BCUT2D eigenvalue weighted by molar-refractivity contribution is 0.104. The van der Waals surface area contributed by atoms with Gasteiger partial charge >= 0.3 is 0 Å². The van der Waals surface area contributed by atoms with Gasteiger partial charge in [-0.1, -0.05) is 42.5 Å². The molecule has 2 heterocycles. The Morgan fingerprint density at radius 3 is 2.75 bits per heavy atom. The Morgan fingerprint density at radius 2 is 1.92 bits per heavy atom. The Kier molecular flexibility index (Phi) is 3.43. The van der Waals surface area contributed by atoms with Crippen LogP contribution in [0.2, 0.25) is 0 Å². The minimum Gasteiger partial charge on any atom is -0.496 e. The molecule has 0 unspecified atom stereocenters. The molecule has 0 aliphatic rings. The third-order valence-electron chi connectivity index (χ3n) is 4.05. The standard InChI is InChI=1S/C19H14N2O2S/c1-23-14-9-10-21-19-15(14)16(20)18(24-19)17(22)13-8-4-6-11-5-2-3-7-12(11)13/h2-10H,20H2,1H3. The second-order valence-electron chi connectivity index (χ2n) is 5.39. The third-order valence-corrected chi connectivity index (χ3v) is 5.16. The number of carbonyl (C=O) groups is 1. The second-order valence-corrected chi connectivity index (χ2v) is 6.39. The van der Waals surface area contributed by atoms with E-state index >= 15 is 0 Å². The molecule has 118 valence electrons. The van der Waals surface area contributed by atoms with Gasteiger partial charge in [0, 0.05) is 11.8 Å². The van der Waals surface area contributed by atoms with E-state index in [4.69, 9.17) is 10.5 Å². The predicted octanol–water partition coefficient (Wildman–Crippen LogP) is 4.27. The van der Waals surface area contributed by atoms with Crippen LogP contribution in [0.1, 0.15) is 15.2 Å². The zero-order chi connectivity index (χ0) is 16.7. The monoisotopic (exact) mass is 334 g/mol. The summed E-state index contributed by atoms with van der Waals surface area (Å²) in [6, 6.07) is 15.3. The van der Waals surface area contributed by atoms with Crippen molar-refractivity contribution in [3.8, 4) is 5.75 Å². The Bertz CT molecular complexity index is 1080. The summed E-state index contributed by atoms with van der Waals surface area (Å²) >= 11 is 1.30. The van der Waals surface area contributed by atoms with E-state index in [0.29, 0.717) is 32.1 Å². The molecule has 2 aromatic carbocycles. The van der Waals surface area contributed by atoms with Gasteiger partial charge < -0.3 is 10.5 Å². The van der Waals surface area contributed by atoms with Gasteiger partial charge in [-0.2, -0.15) is 0 Å². The fourth-order valence-corrected chi connectivity index (χ4v) is 3.94. The highest BCUT2D eigenvalue weighted by Crippen LogP contribution is 2.39. The van der Waals surface area contributed by atoms with Gasteiger partial charge in [-0.3, -0.25) is 4.79 Å². The van der Waals surface area contributed by atoms with Gasteiger partial charge in [0.1, 0.15) is 15.5 Å². The molecule has 24 heavy (non-hydrogen) atoms. The maximum Gasteiger partial charge on any atom is 0.205 e. The number of aromatic nitrogens is 1. The highest BCUT2D eigenvalue weighted by molar-refractivity contribution is 7.21. The molecule has 4 rings (SSSR count). The number of ketones is 1. The molecular weight excluding hydrogens is 320 g/mol. The molecular formula is C19H14N2O2S. The first-order chi connectivity index (χ1) is 11.7. The number of anilines is 1. The molecule has 2 aromatic heterocycles. The molecule has 0 amide bonds. The Morgan fingerprint density at radius 1 is 1.12 bits per heavy atom. The quantitative estimate of drug-likeness (QED) is 0.568. The fourth-order valence-electron chi connectivity index (χ4n) is 2.90. The van der Waals surface area contributed by atoms with Crippen LogP contribution in [0.3, 0.4) is 0 Å². The smallest absolute Gasteiger partial charge is 0.205 e. The van der Waals surface area contributed by atoms with Crippen LogP contribution < -0.4 is 10.5 Å². The summed E-state index contributed by atoms with van der Waals surface area (Å²) in [4.78, 5) is 18.6. The van der Waals surface area contributed by atoms with Gasteiger partial charge in [-0.15, -0.1) is 11.3 Å². The van der Waals surface area contributed by atoms with Crippen LogP contribution in [0.4, 0.5) is 5.69 Å². The van der Waals surface area contributed by atoms with Crippen LogP contribution in [0.15, 0.2) is 54.7 Å². The maximum atomic E-state index is 13.1. The highest BCUT2D eigenvalue weighted by atomic mass is 32.1. The van der Waals surface area contributed by atoms with Gasteiger partial charge in [-0.05, 0) is 16.8 Å². The minimum absolute atomic E-state index is 0.0886. The Balaban J connectivity index is 1.94. The number of thiophene rings is 1. The molecule has 0 saturated heterocycles. The van der Waals surface area contributed by atoms with E-state index in [1.807, 2.05) is 42.5 Å². The van der Waals surface area contributed by atoms with Crippen LogP contribution in [0.25, 0.3) is 21.0 Å². The topological polar surface area (TPSA) is 65.2 Å². The van der Waals surface area contributed by atoms with Crippen molar-refractivity contribution >= 4 is 43.8 Å². The molecule has 0 bridgehead atoms. The maximum absolute atomic E-state index is 13.1. The molecule has 0 atom stereocenters. The van der Waals surface area contributed by atoms with Crippen molar-refractivity contribution in [3.63, 3.8) is 0 Å². The van der Waals surface area contributed by atoms with Crippen LogP contribution in [0.5, 0.6) is 5.75 Å². The van der Waals surface area contributed by atoms with Crippen molar-refractivity contribution in [3.05, 3.63) is 65.2 Å². The van der Waals surface area contributed by atoms with Crippen LogP contribution in [0, 0.1) is 0 Å². The number of hydrogen-bond acceptors (Lipinski definition) is 5. The zero-order valence-corrected chi connectivity index (χ0v) is 13.8. The Labute approximate surface area is 142 Å². The summed E-state index contributed by atoms with van der Waals surface area (Å²) < 4.78 is 5.35. The van der Waals surface area contributed by atoms with Crippen molar-refractivity contribution < 1.29 is 9.53 Å². The van der Waals surface area contributed by atoms with E-state index in [2.05, 4.69) is 4.98 Å². The first-order valence-corrected chi connectivity index (χ1v) is 8.26. The van der Waals surface area contributed by atoms with Crippen molar-refractivity contribution in [2.24, 2.45) is 0 Å². The summed E-state index contributed by atoms with van der Waals surface area (Å²) in [5.41, 5.74) is 7.34. The van der Waals surface area contributed by atoms with Gasteiger partial charge in [0.2, 0.25) is 5.78 Å². The number of methoxy groups -OCH3 is 1. The van der Waals surface area contributed by atoms with Gasteiger partial charge in [0.15, 0.2) is 0 Å². The molecule has 0 fully saturated rings. The van der Waals surface area contributed by atoms with Gasteiger partial charge in [-0.25, -0.2) is 4.98 Å². The number of rotatable bonds is 3. The average Bonchev–Trinajstić information content (AvgIpc) is 2.97. The number of nitrogens with two attached hydrogens (primary N) is 1. The lowest BCUT2D eigenvalue weighted by Crippen LogP contribution is -2.03. The van der Waals surface area contributed by atoms with Crippen LogP contribution >= 0.6 is 11.3 Å². The van der Waals surface area contributed by atoms with Crippen molar-refractivity contribution in [2.75, 3.05) is 12.8 Å². The number of carbonyl (C=O) groups excluding carboxylic acids is 1. The Hall–Kier alpha value is -2.92. The molecule has 0 spiro atoms. The molecule has 0 radical (unpaired) electrons. The van der Waals surface area contributed by atoms with E-state index in [0.717, 1.165) is 10.8 Å². The third kappa shape index (κ3) is 2.13. The number of pyridine rings is 1. The lowest BCUT2D eigenvalue weighted by atomic mass is 10.00. The predicted molar refractivity (Wildman–Crippen MR) is 98.0 cm³/mol. The van der Waals surface area contributed by atoms with E-state index in [1.165, 1.54) is 11.3 Å². The summed E-state index contributed by atoms with van der Waals surface area (Å²) in [6.45, 7) is 0. The molecule has 0 saturated carbocycles. The zero-order valence-electron chi connectivity index (χ0n) is 12.9. The minimum atomic E-state index is -0.0886. The van der Waals surface area contributed by atoms with E-state index < -0.39 is 0 Å². The molecule has 5 heteroatoms. The van der Waals surface area contributed by atoms with E-state index in [9.17, 15) is 4.79 Å². The molecule has 0 aliphatic heterocycles. The molecule has 4 nitrogen and oxygen atoms in total. The SMILES string of the molecule is COc1ccnc2sc(C(=O)c3cccc4ccccc34)c(N)c12. The summed E-state index contributed by atoms with van der Waals surface area (Å²) in [6.07, 6.45) is 1.66. The van der Waals surface area contributed by atoms with Crippen LogP contribution in [-0.2, 0) is 0 Å². The summed E-state index contributed by atoms with van der Waals surface area (Å²) in [5.74, 6) is 0.542. The largest absolute Gasteiger partial charge is 0.496 e. The number of benzene rings is 2. The molecule has 4 aromatic rings. The second kappa shape index (κ2) is 5.62. The number of hydrogen-bond donors (Lipinski definition) is 1. The normalized spacial score (nSPS) is 11.0. The van der Waals surface area contributed by atoms with Gasteiger partial charge in [0.25, 0.3) is 0 Å². The number of ether oxygens (including phenoxy) is 1. The number of nitrogen functional groups attached to an aromatic ring is 1. The number of fused-ring (bicyclic) bond motifs is 2. The van der Waals surface area contributed by atoms with E-state index in [1.54, 1.807) is 19.4 Å². The van der Waals surface area contributed by atoms with Crippen molar-refractivity contribution in [2.45, 2.75) is 0 Å². The molecule has 2 N–H and O–H groups in total. The first-order valence-electron chi connectivity index (χ1n) is 7.44. The fraction of sp³-hybridized carbons (Fsp3) is 0.0526. The molecule has 0 aliphatic carbocycles. The van der Waals surface area contributed by atoms with Crippen molar-refractivity contribution in [1.29, 1.82) is 0 Å². The first kappa shape index (κ1) is 14.7. The van der Waals surface area contributed by atoms with Gasteiger partial charge in [0.05, 0.1) is 18.2 Å². The lowest BCUT2D eigenvalue weighted by Gasteiger charge is -2.05. The number of nitrogens with zero attached hydrogens (tertiary/aromatic N) is 1.